The van der Waals surface area contributed by atoms with Crippen molar-refractivity contribution in [3.05, 3.63) is 0 Å². The number of amides is 3. The number of carbonyl (C=O) groups excluding carboxylic acids is 3. The van der Waals surface area contributed by atoms with E-state index in [9.17, 15) is 14.4 Å². The number of rotatable bonds is 6. The van der Waals surface area contributed by atoms with E-state index >= 15 is 0 Å². The molecule has 3 fully saturated rings. The van der Waals surface area contributed by atoms with Crippen molar-refractivity contribution >= 4 is 17.7 Å². The molecule has 0 radical (unpaired) electrons. The Labute approximate surface area is 123 Å². The van der Waals surface area contributed by atoms with E-state index in [1.165, 1.54) is 0 Å². The van der Waals surface area contributed by atoms with Crippen molar-refractivity contribution in [1.82, 2.24) is 15.5 Å². The van der Waals surface area contributed by atoms with Gasteiger partial charge >= 0.3 is 0 Å². The highest BCUT2D eigenvalue weighted by Gasteiger charge is 2.62. The van der Waals surface area contributed by atoms with Crippen LogP contribution in [0.25, 0.3) is 0 Å². The van der Waals surface area contributed by atoms with E-state index in [1.807, 2.05) is 6.92 Å². The fourth-order valence-electron chi connectivity index (χ4n) is 3.60. The normalized spacial score (nSPS) is 33.7. The molecule has 116 valence electrons. The number of ether oxygens (including phenoxy) is 1. The van der Waals surface area contributed by atoms with E-state index in [0.717, 1.165) is 24.3 Å². The molecule has 3 amide bonds. The fraction of sp³-hybridized carbons (Fsp3) is 0.786. The largest absolute Gasteiger partial charge is 0.373 e. The molecule has 7 nitrogen and oxygen atoms in total. The first-order valence-corrected chi connectivity index (χ1v) is 7.61. The van der Waals surface area contributed by atoms with Crippen molar-refractivity contribution in [2.45, 2.75) is 32.0 Å². The van der Waals surface area contributed by atoms with Crippen molar-refractivity contribution < 1.29 is 19.1 Å². The molecule has 0 aliphatic carbocycles. The number of likely N-dealkylation sites (tertiary alicyclic amines) is 1. The van der Waals surface area contributed by atoms with Crippen LogP contribution in [0.4, 0.5) is 0 Å². The number of hydrogen-bond donors (Lipinski definition) is 2. The van der Waals surface area contributed by atoms with E-state index in [0.29, 0.717) is 13.1 Å². The number of nitrogens with one attached hydrogen (secondary N) is 2. The zero-order valence-electron chi connectivity index (χ0n) is 12.1. The molecule has 2 bridgehead atoms. The molecule has 3 heterocycles. The summed E-state index contributed by atoms with van der Waals surface area (Å²) in [5.74, 6) is -1.47. The van der Waals surface area contributed by atoms with Gasteiger partial charge in [-0.25, -0.2) is 0 Å². The second kappa shape index (κ2) is 5.73. The lowest BCUT2D eigenvalue weighted by Crippen LogP contribution is -2.43. The molecule has 4 atom stereocenters. The molecule has 0 aromatic heterocycles. The summed E-state index contributed by atoms with van der Waals surface area (Å²) in [6.07, 6.45) is 1.43. The van der Waals surface area contributed by atoms with Gasteiger partial charge in [0.05, 0.1) is 24.0 Å². The molecule has 21 heavy (non-hydrogen) atoms. The van der Waals surface area contributed by atoms with E-state index in [-0.39, 0.29) is 48.3 Å². The van der Waals surface area contributed by atoms with Gasteiger partial charge in [-0.2, -0.15) is 0 Å². The van der Waals surface area contributed by atoms with E-state index in [4.69, 9.17) is 4.74 Å². The first-order valence-electron chi connectivity index (χ1n) is 7.61. The van der Waals surface area contributed by atoms with Crippen LogP contribution in [0, 0.1) is 11.8 Å². The number of imide groups is 1. The van der Waals surface area contributed by atoms with Gasteiger partial charge in [-0.1, -0.05) is 6.92 Å². The van der Waals surface area contributed by atoms with Crippen LogP contribution in [0.5, 0.6) is 0 Å². The first-order chi connectivity index (χ1) is 10.1. The minimum Gasteiger partial charge on any atom is -0.373 e. The monoisotopic (exact) mass is 295 g/mol. The van der Waals surface area contributed by atoms with Crippen LogP contribution in [0.1, 0.15) is 19.8 Å². The maximum Gasteiger partial charge on any atom is 0.240 e. The third kappa shape index (κ3) is 2.44. The Balaban J connectivity index is 1.56. The number of likely N-dealkylation sites (N-methyl/N-ethyl adjacent to an activating group) is 1. The van der Waals surface area contributed by atoms with Gasteiger partial charge in [0.25, 0.3) is 0 Å². The summed E-state index contributed by atoms with van der Waals surface area (Å²) < 4.78 is 5.65. The van der Waals surface area contributed by atoms with Crippen molar-refractivity contribution in [1.29, 1.82) is 0 Å². The summed E-state index contributed by atoms with van der Waals surface area (Å²) in [5.41, 5.74) is 0. The molecule has 0 aromatic rings. The van der Waals surface area contributed by atoms with Crippen molar-refractivity contribution in [3.63, 3.8) is 0 Å². The lowest BCUT2D eigenvalue weighted by atomic mass is 9.81. The highest BCUT2D eigenvalue weighted by atomic mass is 16.5. The molecule has 3 saturated heterocycles. The van der Waals surface area contributed by atoms with Crippen LogP contribution in [0.15, 0.2) is 0 Å². The predicted octanol–water partition coefficient (Wildman–Crippen LogP) is -1.13. The van der Waals surface area contributed by atoms with E-state index in [1.54, 1.807) is 0 Å². The van der Waals surface area contributed by atoms with Crippen LogP contribution >= 0.6 is 0 Å². The standard InChI is InChI=1S/C14H21N3O4/c1-2-15-5-6-16-10(18)7-17-13(19)11-8-3-4-9(21-8)12(11)14(17)20/h8-9,11-12,15H,2-7H2,1H3,(H,16,18). The zero-order chi connectivity index (χ0) is 15.0. The molecular formula is C14H21N3O4. The molecule has 0 spiro atoms. The minimum absolute atomic E-state index is 0.127. The number of fused-ring (bicyclic) bond motifs is 5. The Morgan fingerprint density at radius 1 is 1.19 bits per heavy atom. The maximum atomic E-state index is 12.3. The van der Waals surface area contributed by atoms with Crippen LogP contribution in [0.3, 0.4) is 0 Å². The van der Waals surface area contributed by atoms with Gasteiger partial charge in [0, 0.05) is 13.1 Å². The average Bonchev–Trinajstić information content (AvgIpc) is 3.13. The summed E-state index contributed by atoms with van der Waals surface area (Å²) in [6, 6.07) is 0. The molecule has 0 saturated carbocycles. The van der Waals surface area contributed by atoms with Gasteiger partial charge in [0.1, 0.15) is 6.54 Å². The second-order valence-corrected chi connectivity index (χ2v) is 5.81. The SMILES string of the molecule is CCNCCNC(=O)CN1C(=O)C2C3CCC(O3)C2C1=O. The first kappa shape index (κ1) is 14.5. The predicted molar refractivity (Wildman–Crippen MR) is 73.1 cm³/mol. The molecule has 7 heteroatoms. The Morgan fingerprint density at radius 3 is 2.38 bits per heavy atom. The summed E-state index contributed by atoms with van der Waals surface area (Å²) in [7, 11) is 0. The summed E-state index contributed by atoms with van der Waals surface area (Å²) >= 11 is 0. The van der Waals surface area contributed by atoms with Gasteiger partial charge in [0.2, 0.25) is 17.7 Å². The van der Waals surface area contributed by atoms with Gasteiger partial charge in [-0.15, -0.1) is 0 Å². The fourth-order valence-corrected chi connectivity index (χ4v) is 3.60. The van der Waals surface area contributed by atoms with Gasteiger partial charge in [-0.3, -0.25) is 19.3 Å². The third-order valence-electron chi connectivity index (χ3n) is 4.55. The molecule has 2 N–H and O–H groups in total. The number of carbonyl (C=O) groups is 3. The smallest absolute Gasteiger partial charge is 0.240 e. The van der Waals surface area contributed by atoms with Crippen molar-refractivity contribution in [3.8, 4) is 0 Å². The van der Waals surface area contributed by atoms with Gasteiger partial charge in [0.15, 0.2) is 0 Å². The van der Waals surface area contributed by atoms with Crippen molar-refractivity contribution in [2.75, 3.05) is 26.2 Å². The molecule has 0 aromatic carbocycles. The van der Waals surface area contributed by atoms with Gasteiger partial charge < -0.3 is 15.4 Å². The van der Waals surface area contributed by atoms with Crippen LogP contribution in [-0.2, 0) is 19.1 Å². The van der Waals surface area contributed by atoms with Crippen molar-refractivity contribution in [2.24, 2.45) is 11.8 Å². The van der Waals surface area contributed by atoms with Gasteiger partial charge in [-0.05, 0) is 19.4 Å². The Morgan fingerprint density at radius 2 is 1.81 bits per heavy atom. The number of nitrogens with zero attached hydrogens (tertiary/aromatic N) is 1. The third-order valence-corrected chi connectivity index (χ3v) is 4.55. The summed E-state index contributed by atoms with van der Waals surface area (Å²) in [5, 5.41) is 5.80. The lowest BCUT2D eigenvalue weighted by molar-refractivity contribution is -0.145. The average molecular weight is 295 g/mol. The number of hydrogen-bond acceptors (Lipinski definition) is 5. The second-order valence-electron chi connectivity index (χ2n) is 5.81. The summed E-state index contributed by atoms with van der Waals surface area (Å²) in [4.78, 5) is 37.6. The lowest BCUT2D eigenvalue weighted by Gasteiger charge is -2.17. The Hall–Kier alpha value is -1.47. The summed E-state index contributed by atoms with van der Waals surface area (Å²) in [6.45, 7) is 3.82. The molecule has 4 unspecified atom stereocenters. The Kier molecular flexibility index (Phi) is 3.95. The van der Waals surface area contributed by atoms with Crippen LogP contribution < -0.4 is 10.6 Å². The van der Waals surface area contributed by atoms with Crippen LogP contribution in [0.2, 0.25) is 0 Å². The molecule has 3 aliphatic rings. The molecule has 3 aliphatic heterocycles. The molecule has 3 rings (SSSR count). The topological polar surface area (TPSA) is 87.7 Å². The van der Waals surface area contributed by atoms with E-state index < -0.39 is 0 Å². The van der Waals surface area contributed by atoms with E-state index in [2.05, 4.69) is 10.6 Å². The van der Waals surface area contributed by atoms with Crippen LogP contribution in [-0.4, -0.2) is 61.0 Å². The zero-order valence-corrected chi connectivity index (χ0v) is 12.1. The maximum absolute atomic E-state index is 12.3. The molecular weight excluding hydrogens is 274 g/mol. The highest BCUT2D eigenvalue weighted by molar-refractivity contribution is 6.08. The highest BCUT2D eigenvalue weighted by Crippen LogP contribution is 2.48. The Bertz CT molecular complexity index is 439. The minimum atomic E-state index is -0.356. The quantitative estimate of drug-likeness (QED) is 0.478.